The van der Waals surface area contributed by atoms with Gasteiger partial charge in [-0.25, -0.2) is 4.79 Å². The lowest BCUT2D eigenvalue weighted by molar-refractivity contribution is 0.0135. The molecule has 0 aromatic carbocycles. The smallest absolute Gasteiger partial charge is 0.336 e. The highest BCUT2D eigenvalue weighted by Gasteiger charge is 2.28. The number of carboxylic acid groups (broad SMARTS) is 1. The number of ether oxygens (including phenoxy) is 1. The summed E-state index contributed by atoms with van der Waals surface area (Å²) in [6.45, 7) is 6.25. The minimum atomic E-state index is -0.916. The van der Waals surface area contributed by atoms with Crippen LogP contribution in [0.1, 0.15) is 34.5 Å². The van der Waals surface area contributed by atoms with Crippen LogP contribution in [-0.2, 0) is 4.74 Å². The third-order valence-corrected chi connectivity index (χ3v) is 5.24. The predicted octanol–water partition coefficient (Wildman–Crippen LogP) is 2.43. The fraction of sp³-hybridized carbons (Fsp3) is 0.368. The first-order valence-electron chi connectivity index (χ1n) is 8.77. The van der Waals surface area contributed by atoms with Gasteiger partial charge in [0, 0.05) is 48.2 Å². The number of aromatic nitrogens is 3. The van der Waals surface area contributed by atoms with Gasteiger partial charge in [-0.05, 0) is 24.6 Å². The summed E-state index contributed by atoms with van der Waals surface area (Å²) in [7, 11) is 0. The van der Waals surface area contributed by atoms with Gasteiger partial charge < -0.3 is 19.6 Å². The molecule has 136 valence electrons. The SMILES string of the molecule is Cc1c(C(=O)O)cc2c(-c3cn[nH]c3)ccn2c1C(C)C1CNCCO1. The average Bonchev–Trinajstić information content (AvgIpc) is 3.30. The number of aromatic amines is 1. The van der Waals surface area contributed by atoms with Crippen LogP contribution in [0.25, 0.3) is 16.6 Å². The number of nitrogens with zero attached hydrogens (tertiary/aromatic N) is 2. The molecule has 4 rings (SSSR count). The van der Waals surface area contributed by atoms with Crippen molar-refractivity contribution in [1.29, 1.82) is 0 Å². The maximum atomic E-state index is 11.9. The molecule has 0 spiro atoms. The van der Waals surface area contributed by atoms with E-state index in [0.717, 1.165) is 41.0 Å². The predicted molar refractivity (Wildman–Crippen MR) is 97.7 cm³/mol. The van der Waals surface area contributed by atoms with Crippen LogP contribution in [0.3, 0.4) is 0 Å². The summed E-state index contributed by atoms with van der Waals surface area (Å²) in [6, 6.07) is 3.75. The Hall–Kier alpha value is -2.64. The number of aromatic carboxylic acids is 1. The second kappa shape index (κ2) is 6.59. The first kappa shape index (κ1) is 16.8. The highest BCUT2D eigenvalue weighted by Crippen LogP contribution is 2.33. The fourth-order valence-corrected chi connectivity index (χ4v) is 3.87. The molecule has 2 atom stereocenters. The van der Waals surface area contributed by atoms with E-state index in [-0.39, 0.29) is 12.0 Å². The summed E-state index contributed by atoms with van der Waals surface area (Å²) < 4.78 is 8.03. The van der Waals surface area contributed by atoms with Gasteiger partial charge in [0.2, 0.25) is 0 Å². The molecule has 1 fully saturated rings. The molecule has 0 aliphatic carbocycles. The Bertz CT molecular complexity index is 940. The molecule has 7 nitrogen and oxygen atoms in total. The maximum Gasteiger partial charge on any atom is 0.336 e. The number of hydrogen-bond donors (Lipinski definition) is 3. The Kier molecular flexibility index (Phi) is 4.26. The van der Waals surface area contributed by atoms with Crippen molar-refractivity contribution in [1.82, 2.24) is 19.9 Å². The Labute approximate surface area is 151 Å². The number of H-pyrrole nitrogens is 1. The maximum absolute atomic E-state index is 11.9. The number of carboxylic acids is 1. The van der Waals surface area contributed by atoms with Crippen molar-refractivity contribution in [2.75, 3.05) is 19.7 Å². The quantitative estimate of drug-likeness (QED) is 0.669. The largest absolute Gasteiger partial charge is 0.478 e. The summed E-state index contributed by atoms with van der Waals surface area (Å²) in [5.74, 6) is -0.866. The standard InChI is InChI=1S/C19H22N4O3/c1-11-15(19(24)25)7-16-14(13-8-21-22-9-13)3-5-23(16)18(11)12(2)17-10-20-4-6-26-17/h3,5,7-9,12,17,20H,4,6,10H2,1-2H3,(H,21,22)(H,24,25). The Morgan fingerprint density at radius 2 is 2.35 bits per heavy atom. The Morgan fingerprint density at radius 3 is 3.00 bits per heavy atom. The molecule has 3 N–H and O–H groups in total. The molecule has 0 bridgehead atoms. The third kappa shape index (κ3) is 2.69. The van der Waals surface area contributed by atoms with Gasteiger partial charge in [-0.15, -0.1) is 0 Å². The van der Waals surface area contributed by atoms with Gasteiger partial charge in [-0.2, -0.15) is 5.10 Å². The first-order valence-corrected chi connectivity index (χ1v) is 8.77. The van der Waals surface area contributed by atoms with E-state index in [4.69, 9.17) is 4.74 Å². The van der Waals surface area contributed by atoms with Crippen molar-refractivity contribution in [3.05, 3.63) is 47.5 Å². The number of fused-ring (bicyclic) bond motifs is 1. The zero-order valence-corrected chi connectivity index (χ0v) is 14.8. The lowest BCUT2D eigenvalue weighted by atomic mass is 9.92. The second-order valence-corrected chi connectivity index (χ2v) is 6.75. The van der Waals surface area contributed by atoms with Crippen molar-refractivity contribution in [3.8, 4) is 11.1 Å². The van der Waals surface area contributed by atoms with Gasteiger partial charge in [0.15, 0.2) is 0 Å². The van der Waals surface area contributed by atoms with Crippen LogP contribution < -0.4 is 5.32 Å². The highest BCUT2D eigenvalue weighted by atomic mass is 16.5. The van der Waals surface area contributed by atoms with Gasteiger partial charge in [-0.3, -0.25) is 5.10 Å². The van der Waals surface area contributed by atoms with Crippen LogP contribution in [0, 0.1) is 6.92 Å². The number of rotatable bonds is 4. The van der Waals surface area contributed by atoms with Crippen molar-refractivity contribution in [2.24, 2.45) is 0 Å². The van der Waals surface area contributed by atoms with Crippen LogP contribution >= 0.6 is 0 Å². The van der Waals surface area contributed by atoms with E-state index in [0.29, 0.717) is 12.2 Å². The van der Waals surface area contributed by atoms with Crippen LogP contribution in [0.4, 0.5) is 0 Å². The van der Waals surface area contributed by atoms with Gasteiger partial charge in [-0.1, -0.05) is 6.92 Å². The zero-order chi connectivity index (χ0) is 18.3. The first-order chi connectivity index (χ1) is 12.6. The zero-order valence-electron chi connectivity index (χ0n) is 14.8. The lowest BCUT2D eigenvalue weighted by Crippen LogP contribution is -2.41. The van der Waals surface area contributed by atoms with Crippen molar-refractivity contribution in [2.45, 2.75) is 25.9 Å². The number of nitrogens with one attached hydrogen (secondary N) is 2. The lowest BCUT2D eigenvalue weighted by Gasteiger charge is -2.30. The third-order valence-electron chi connectivity index (χ3n) is 5.24. The second-order valence-electron chi connectivity index (χ2n) is 6.75. The molecule has 0 amide bonds. The van der Waals surface area contributed by atoms with E-state index in [1.807, 2.05) is 25.4 Å². The van der Waals surface area contributed by atoms with Crippen molar-refractivity contribution >= 4 is 11.5 Å². The monoisotopic (exact) mass is 354 g/mol. The van der Waals surface area contributed by atoms with Gasteiger partial charge in [0.25, 0.3) is 0 Å². The summed E-state index contributed by atoms with van der Waals surface area (Å²) in [6.07, 6.45) is 5.56. The van der Waals surface area contributed by atoms with Crippen LogP contribution in [-0.4, -0.2) is 51.5 Å². The van der Waals surface area contributed by atoms with E-state index in [1.54, 1.807) is 12.3 Å². The minimum absolute atomic E-state index is 0.00877. The Morgan fingerprint density at radius 1 is 1.50 bits per heavy atom. The number of hydrogen-bond acceptors (Lipinski definition) is 4. The van der Waals surface area contributed by atoms with E-state index in [2.05, 4.69) is 26.8 Å². The summed E-state index contributed by atoms with van der Waals surface area (Å²) in [4.78, 5) is 11.9. The molecule has 26 heavy (non-hydrogen) atoms. The summed E-state index contributed by atoms with van der Waals surface area (Å²) in [5, 5.41) is 19.9. The van der Waals surface area contributed by atoms with E-state index in [9.17, 15) is 9.90 Å². The molecular weight excluding hydrogens is 332 g/mol. The number of carbonyl (C=O) groups is 1. The number of morpholine rings is 1. The minimum Gasteiger partial charge on any atom is -0.478 e. The van der Waals surface area contributed by atoms with E-state index >= 15 is 0 Å². The Balaban J connectivity index is 1.92. The van der Waals surface area contributed by atoms with Gasteiger partial charge in [0.1, 0.15) is 0 Å². The molecule has 1 saturated heterocycles. The normalized spacial score (nSPS) is 18.9. The summed E-state index contributed by atoms with van der Waals surface area (Å²) in [5.41, 5.74) is 4.83. The summed E-state index contributed by atoms with van der Waals surface area (Å²) >= 11 is 0. The topological polar surface area (TPSA) is 91.6 Å². The molecule has 0 radical (unpaired) electrons. The van der Waals surface area contributed by atoms with Crippen LogP contribution in [0.2, 0.25) is 0 Å². The average molecular weight is 354 g/mol. The molecule has 7 heteroatoms. The molecular formula is C19H22N4O3. The number of pyridine rings is 1. The molecule has 3 aromatic rings. The van der Waals surface area contributed by atoms with E-state index in [1.165, 1.54) is 0 Å². The van der Waals surface area contributed by atoms with Crippen LogP contribution in [0.5, 0.6) is 0 Å². The van der Waals surface area contributed by atoms with Gasteiger partial charge in [0.05, 0.1) is 30.0 Å². The van der Waals surface area contributed by atoms with Crippen molar-refractivity contribution in [3.63, 3.8) is 0 Å². The fourth-order valence-electron chi connectivity index (χ4n) is 3.87. The van der Waals surface area contributed by atoms with Crippen LogP contribution in [0.15, 0.2) is 30.7 Å². The molecule has 0 saturated carbocycles. The molecule has 2 unspecified atom stereocenters. The molecule has 3 aromatic heterocycles. The highest BCUT2D eigenvalue weighted by molar-refractivity contribution is 5.93. The molecule has 4 heterocycles. The molecule has 1 aliphatic rings. The van der Waals surface area contributed by atoms with E-state index < -0.39 is 5.97 Å². The van der Waals surface area contributed by atoms with Gasteiger partial charge >= 0.3 is 5.97 Å². The van der Waals surface area contributed by atoms with Crippen molar-refractivity contribution < 1.29 is 14.6 Å². The molecule has 1 aliphatic heterocycles.